The third-order valence-electron chi connectivity index (χ3n) is 6.84. The van der Waals surface area contributed by atoms with Crippen molar-refractivity contribution < 1.29 is 9.53 Å². The van der Waals surface area contributed by atoms with Crippen molar-refractivity contribution in [2.24, 2.45) is 7.05 Å². The third kappa shape index (κ3) is 5.09. The molecule has 0 aliphatic heterocycles. The van der Waals surface area contributed by atoms with Crippen LogP contribution in [0.5, 0.6) is 5.75 Å². The van der Waals surface area contributed by atoms with Crippen LogP contribution in [-0.4, -0.2) is 22.6 Å². The average Bonchev–Trinajstić information content (AvgIpc) is 3.33. The molecule has 4 aromatic carbocycles. The molecule has 1 N–H and O–H groups in total. The van der Waals surface area contributed by atoms with Crippen molar-refractivity contribution in [3.8, 4) is 39.5 Å². The summed E-state index contributed by atoms with van der Waals surface area (Å²) >= 11 is 0. The maximum absolute atomic E-state index is 13.8. The molecule has 0 bridgehead atoms. The standard InChI is InChI=1S/C33H31N3O2/c1-4-29(25-11-7-5-8-12-25)34-33(37)31-30(35-32(36(31)2)27-13-9-6-10-14-27)26-17-15-23(16-18-26)24-19-21-28(38-3)22-20-24/h5-22,29H,4H2,1-3H3,(H,34,37). The molecule has 190 valence electrons. The van der Waals surface area contributed by atoms with Crippen molar-refractivity contribution in [2.45, 2.75) is 19.4 Å². The predicted molar refractivity (Wildman–Crippen MR) is 153 cm³/mol. The van der Waals surface area contributed by atoms with Crippen LogP contribution >= 0.6 is 0 Å². The third-order valence-corrected chi connectivity index (χ3v) is 6.84. The number of rotatable bonds is 8. The smallest absolute Gasteiger partial charge is 0.270 e. The van der Waals surface area contributed by atoms with Gasteiger partial charge in [-0.05, 0) is 35.2 Å². The summed E-state index contributed by atoms with van der Waals surface area (Å²) in [6.07, 6.45) is 0.783. The first kappa shape index (κ1) is 25.0. The molecule has 5 heteroatoms. The zero-order valence-corrected chi connectivity index (χ0v) is 21.9. The minimum absolute atomic E-state index is 0.0935. The van der Waals surface area contributed by atoms with Crippen molar-refractivity contribution in [2.75, 3.05) is 7.11 Å². The monoisotopic (exact) mass is 501 g/mol. The Hall–Kier alpha value is -4.64. The van der Waals surface area contributed by atoms with E-state index in [0.717, 1.165) is 45.8 Å². The molecule has 38 heavy (non-hydrogen) atoms. The molecule has 1 unspecified atom stereocenters. The van der Waals surface area contributed by atoms with Crippen LogP contribution in [0, 0.1) is 0 Å². The van der Waals surface area contributed by atoms with E-state index in [9.17, 15) is 4.79 Å². The number of carbonyl (C=O) groups excluding carboxylic acids is 1. The van der Waals surface area contributed by atoms with Crippen LogP contribution in [0.4, 0.5) is 0 Å². The molecular weight excluding hydrogens is 470 g/mol. The van der Waals surface area contributed by atoms with E-state index in [1.165, 1.54) is 0 Å². The van der Waals surface area contributed by atoms with Crippen molar-refractivity contribution in [3.63, 3.8) is 0 Å². The first-order valence-corrected chi connectivity index (χ1v) is 12.8. The van der Waals surface area contributed by atoms with Crippen LogP contribution in [0.1, 0.15) is 35.4 Å². The SMILES string of the molecule is CCC(NC(=O)c1c(-c2ccc(-c3ccc(OC)cc3)cc2)nc(-c2ccccc2)n1C)c1ccccc1. The minimum atomic E-state index is -0.146. The normalized spacial score (nSPS) is 11.7. The number of hydrogen-bond acceptors (Lipinski definition) is 3. The molecule has 1 amide bonds. The van der Waals surface area contributed by atoms with Gasteiger partial charge in [-0.25, -0.2) is 4.98 Å². The lowest BCUT2D eigenvalue weighted by molar-refractivity contribution is 0.0928. The number of hydrogen-bond donors (Lipinski definition) is 1. The van der Waals surface area contributed by atoms with E-state index in [1.807, 2.05) is 109 Å². The molecule has 5 nitrogen and oxygen atoms in total. The number of amides is 1. The summed E-state index contributed by atoms with van der Waals surface area (Å²) < 4.78 is 7.18. The Kier molecular flexibility index (Phi) is 7.36. The van der Waals surface area contributed by atoms with E-state index in [-0.39, 0.29) is 11.9 Å². The summed E-state index contributed by atoms with van der Waals surface area (Å²) in [6, 6.07) is 36.1. The Balaban J connectivity index is 1.54. The van der Waals surface area contributed by atoms with Gasteiger partial charge in [0.25, 0.3) is 5.91 Å². The Morgan fingerprint density at radius 3 is 1.92 bits per heavy atom. The molecule has 1 heterocycles. The van der Waals surface area contributed by atoms with Gasteiger partial charge in [0.15, 0.2) is 0 Å². The van der Waals surface area contributed by atoms with E-state index >= 15 is 0 Å². The summed E-state index contributed by atoms with van der Waals surface area (Å²) in [5.74, 6) is 1.42. The molecule has 1 aromatic heterocycles. The van der Waals surface area contributed by atoms with Crippen LogP contribution in [0.2, 0.25) is 0 Å². The lowest BCUT2D eigenvalue weighted by Gasteiger charge is -2.18. The van der Waals surface area contributed by atoms with Crippen molar-refractivity contribution in [1.29, 1.82) is 0 Å². The second-order valence-electron chi connectivity index (χ2n) is 9.21. The van der Waals surface area contributed by atoms with Crippen LogP contribution in [-0.2, 0) is 7.05 Å². The number of benzene rings is 4. The van der Waals surface area contributed by atoms with Crippen LogP contribution in [0.15, 0.2) is 109 Å². The fourth-order valence-corrected chi connectivity index (χ4v) is 4.74. The van der Waals surface area contributed by atoms with E-state index in [4.69, 9.17) is 9.72 Å². The molecule has 0 saturated carbocycles. The first-order valence-electron chi connectivity index (χ1n) is 12.8. The Morgan fingerprint density at radius 1 is 0.789 bits per heavy atom. The summed E-state index contributed by atoms with van der Waals surface area (Å²) in [4.78, 5) is 18.8. The maximum Gasteiger partial charge on any atom is 0.270 e. The molecule has 5 aromatic rings. The van der Waals surface area contributed by atoms with Crippen molar-refractivity contribution in [3.05, 3.63) is 120 Å². The van der Waals surface area contributed by atoms with Gasteiger partial charge in [0.05, 0.1) is 13.2 Å². The molecule has 0 saturated heterocycles. The Bertz CT molecular complexity index is 1510. The molecule has 0 fully saturated rings. The van der Waals surface area contributed by atoms with Gasteiger partial charge in [-0.15, -0.1) is 0 Å². The largest absolute Gasteiger partial charge is 0.497 e. The number of carbonyl (C=O) groups is 1. The highest BCUT2D eigenvalue weighted by atomic mass is 16.5. The van der Waals surface area contributed by atoms with Gasteiger partial charge in [-0.2, -0.15) is 0 Å². The van der Waals surface area contributed by atoms with Gasteiger partial charge in [-0.3, -0.25) is 4.79 Å². The van der Waals surface area contributed by atoms with E-state index in [2.05, 4.69) is 24.4 Å². The van der Waals surface area contributed by atoms with Gasteiger partial charge in [0, 0.05) is 18.2 Å². The fourth-order valence-electron chi connectivity index (χ4n) is 4.74. The van der Waals surface area contributed by atoms with Gasteiger partial charge < -0.3 is 14.6 Å². The van der Waals surface area contributed by atoms with Crippen molar-refractivity contribution in [1.82, 2.24) is 14.9 Å². The molecule has 1 atom stereocenters. The number of aromatic nitrogens is 2. The van der Waals surface area contributed by atoms with Crippen LogP contribution < -0.4 is 10.1 Å². The van der Waals surface area contributed by atoms with Gasteiger partial charge in [0.1, 0.15) is 23.0 Å². The Morgan fingerprint density at radius 2 is 1.34 bits per heavy atom. The second-order valence-corrected chi connectivity index (χ2v) is 9.21. The van der Waals surface area contributed by atoms with Gasteiger partial charge in [-0.1, -0.05) is 104 Å². The summed E-state index contributed by atoms with van der Waals surface area (Å²) in [6.45, 7) is 2.08. The molecule has 0 aliphatic rings. The molecule has 0 spiro atoms. The number of ether oxygens (including phenoxy) is 1. The Labute approximate surface area is 223 Å². The molecule has 0 aliphatic carbocycles. The molecule has 0 radical (unpaired) electrons. The summed E-state index contributed by atoms with van der Waals surface area (Å²) in [7, 11) is 3.57. The lowest BCUT2D eigenvalue weighted by atomic mass is 10.0. The van der Waals surface area contributed by atoms with E-state index in [0.29, 0.717) is 11.4 Å². The predicted octanol–water partition coefficient (Wildman–Crippen LogP) is 7.31. The van der Waals surface area contributed by atoms with Gasteiger partial charge in [0.2, 0.25) is 0 Å². The van der Waals surface area contributed by atoms with E-state index < -0.39 is 0 Å². The molecular formula is C33H31N3O2. The topological polar surface area (TPSA) is 56.1 Å². The highest BCUT2D eigenvalue weighted by Gasteiger charge is 2.25. The first-order chi connectivity index (χ1) is 18.6. The number of nitrogens with zero attached hydrogens (tertiary/aromatic N) is 2. The zero-order chi connectivity index (χ0) is 26.5. The van der Waals surface area contributed by atoms with Crippen LogP contribution in [0.3, 0.4) is 0 Å². The lowest BCUT2D eigenvalue weighted by Crippen LogP contribution is -2.30. The average molecular weight is 502 g/mol. The zero-order valence-electron chi connectivity index (χ0n) is 21.9. The van der Waals surface area contributed by atoms with E-state index in [1.54, 1.807) is 7.11 Å². The number of nitrogens with one attached hydrogen (secondary N) is 1. The van der Waals surface area contributed by atoms with Crippen molar-refractivity contribution >= 4 is 5.91 Å². The summed E-state index contributed by atoms with van der Waals surface area (Å²) in [5, 5.41) is 3.25. The molecule has 5 rings (SSSR count). The highest BCUT2D eigenvalue weighted by Crippen LogP contribution is 2.31. The maximum atomic E-state index is 13.8. The highest BCUT2D eigenvalue weighted by molar-refractivity contribution is 6.00. The van der Waals surface area contributed by atoms with Gasteiger partial charge >= 0.3 is 0 Å². The second kappa shape index (κ2) is 11.2. The summed E-state index contributed by atoms with van der Waals surface area (Å²) in [5.41, 5.74) is 6.30. The number of methoxy groups -OCH3 is 1. The fraction of sp³-hybridized carbons (Fsp3) is 0.152. The quantitative estimate of drug-likeness (QED) is 0.242. The number of imidazole rings is 1. The van der Waals surface area contributed by atoms with Crippen LogP contribution in [0.25, 0.3) is 33.8 Å². The minimum Gasteiger partial charge on any atom is -0.497 e.